The van der Waals surface area contributed by atoms with Crippen LogP contribution < -0.4 is 32.1 Å². The molecule has 0 saturated heterocycles. The lowest BCUT2D eigenvalue weighted by molar-refractivity contribution is -0.139. The van der Waals surface area contributed by atoms with Crippen LogP contribution in [0.5, 0.6) is 0 Å². The van der Waals surface area contributed by atoms with Crippen molar-refractivity contribution in [2.45, 2.75) is 128 Å². The molecule has 1 saturated carbocycles. The van der Waals surface area contributed by atoms with Crippen LogP contribution in [0.25, 0.3) is 22.4 Å². The Kier molecular flexibility index (Phi) is 24.7. The number of hydrogen-bond donors (Lipinski definition) is 10. The fourth-order valence-corrected chi connectivity index (χ4v) is 10.8. The molecule has 0 bridgehead atoms. The summed E-state index contributed by atoms with van der Waals surface area (Å²) in [4.78, 5) is 68.0. The minimum absolute atomic E-state index is 0.00639. The van der Waals surface area contributed by atoms with Crippen LogP contribution in [-0.2, 0) is 32.6 Å². The first-order valence-electron chi connectivity index (χ1n) is 27.9. The molecule has 1 aliphatic heterocycles. The molecule has 4 aromatic carbocycles. The van der Waals surface area contributed by atoms with E-state index in [0.29, 0.717) is 65.5 Å². The summed E-state index contributed by atoms with van der Waals surface area (Å²) in [6.45, 7) is 10.8. The summed E-state index contributed by atoms with van der Waals surface area (Å²) in [6, 6.07) is 29.8. The van der Waals surface area contributed by atoms with E-state index in [1.807, 2.05) is 92.9 Å². The molecule has 0 spiro atoms. The molecule has 2 aliphatic rings. The number of carbonyl (C=O) groups is 5. The number of nitrogens with one attached hydrogen (secondary N) is 5. The first-order valence-corrected chi connectivity index (χ1v) is 29.4. The number of anilines is 1. The molecule has 452 valence electrons. The van der Waals surface area contributed by atoms with Crippen LogP contribution in [0.2, 0.25) is 0 Å². The summed E-state index contributed by atoms with van der Waals surface area (Å²) in [5.74, 6) is -1.59. The van der Waals surface area contributed by atoms with E-state index in [1.165, 1.54) is 34.1 Å². The lowest BCUT2D eigenvalue weighted by Crippen LogP contribution is -2.45. The highest BCUT2D eigenvalue weighted by molar-refractivity contribution is 7.90. The Bertz CT molecular complexity index is 3230. The molecule has 84 heavy (non-hydrogen) atoms. The van der Waals surface area contributed by atoms with E-state index in [1.54, 1.807) is 38.4 Å². The van der Waals surface area contributed by atoms with Gasteiger partial charge in [-0.25, -0.2) is 27.1 Å². The smallest absolute Gasteiger partial charge is 0.328 e. The minimum Gasteiger partial charge on any atom is -0.481 e. The number of hydrogen-bond acceptors (Lipinski definition) is 10. The molecule has 5 aromatic rings. The number of benzene rings is 4. The van der Waals surface area contributed by atoms with Gasteiger partial charge < -0.3 is 52.2 Å². The molecular weight excluding hydrogens is 1100 g/mol. The Morgan fingerprint density at radius 2 is 1.48 bits per heavy atom. The Balaban J connectivity index is 0.000000271. The zero-order valence-corrected chi connectivity index (χ0v) is 49.5. The zero-order valence-electron chi connectivity index (χ0n) is 48.7. The van der Waals surface area contributed by atoms with Crippen LogP contribution >= 0.6 is 0 Å². The third-order valence-corrected chi connectivity index (χ3v) is 15.4. The number of imide groups is 1. The Hall–Kier alpha value is -8.41. The van der Waals surface area contributed by atoms with Crippen LogP contribution in [0, 0.1) is 17.1 Å². The number of nitrogens with zero attached hydrogens (tertiary/aromatic N) is 4. The largest absolute Gasteiger partial charge is 0.481 e. The average molecular weight is 1180 g/mol. The highest BCUT2D eigenvalue weighted by Crippen LogP contribution is 2.43. The van der Waals surface area contributed by atoms with Crippen molar-refractivity contribution < 1.29 is 52.1 Å². The van der Waals surface area contributed by atoms with E-state index in [9.17, 15) is 47.0 Å². The Morgan fingerprint density at radius 3 is 2.01 bits per heavy atom. The standard InChI is InChI=1S/C33H35FN2O5.C24H34N4O5S.C4H11N5/c1-21(2)31-30(33(41)35-25-11-7-4-8-12-25)29(22-9-5-3-6-10-22)32(23-13-15-24(34)16-14-23)36(31)18-17-26(37)19-27(38)20-28(39)40;1-4-21-17(3)15-28(22(21)29)24(31)25-14-13-18-7-11-20(12-8-18)34(32,33)27-23(30)26-19-9-5-16(2)6-10-19;1-9(2)4(7)8-3(5)6/h3-16,21,26-27,37-38H,17-20H2,1-2H3,(H,35,41)(H,39,40);7-8,11-12,16,19H,4-6,9-10,13-15H2,1-3H3,(H,25,31)(H2,26,27,30);1-2H3,(H5,5,6,7,8)/t26-,27-;;/m1../s1. The van der Waals surface area contributed by atoms with Crippen molar-refractivity contribution in [3.05, 3.63) is 143 Å². The van der Waals surface area contributed by atoms with E-state index in [2.05, 4.69) is 32.6 Å². The molecular formula is C61H80FN11O10S. The van der Waals surface area contributed by atoms with Gasteiger partial charge in [0.1, 0.15) is 5.82 Å². The summed E-state index contributed by atoms with van der Waals surface area (Å²) < 4.78 is 43.2. The van der Waals surface area contributed by atoms with Crippen molar-refractivity contribution in [1.29, 1.82) is 5.41 Å². The van der Waals surface area contributed by atoms with Gasteiger partial charge in [0.25, 0.3) is 21.8 Å². The molecule has 6 amide bonds. The SMILES string of the molecule is CC(C)c1c(C(=O)Nc2ccccc2)c(-c2ccccc2)c(-c2ccc(F)cc2)n1CC[C@@H](O)C[C@@H](O)CC(=O)O.CCC1=C(C)CN(C(=O)NCCc2ccc(S(=O)(=O)NC(=O)NC3CCC(C)CC3)cc2)C1=O.CN(C)C(=N)N=C(N)N. The van der Waals surface area contributed by atoms with Crippen molar-refractivity contribution in [2.75, 3.05) is 32.5 Å². The fraction of sp³-hybridized carbons (Fsp3) is 0.393. The quantitative estimate of drug-likeness (QED) is 0.0276. The van der Waals surface area contributed by atoms with Gasteiger partial charge in [-0.2, -0.15) is 4.99 Å². The van der Waals surface area contributed by atoms with Gasteiger partial charge in [-0.05, 0) is 141 Å². The summed E-state index contributed by atoms with van der Waals surface area (Å²) >= 11 is 0. The maximum Gasteiger partial charge on any atom is 0.328 e. The summed E-state index contributed by atoms with van der Waals surface area (Å²) in [5, 5.41) is 45.3. The van der Waals surface area contributed by atoms with E-state index < -0.39 is 46.7 Å². The van der Waals surface area contributed by atoms with Gasteiger partial charge in [-0.3, -0.25) is 24.7 Å². The highest BCUT2D eigenvalue weighted by Gasteiger charge is 2.33. The number of aliphatic carboxylic acids is 1. The van der Waals surface area contributed by atoms with Crippen LogP contribution in [0.15, 0.2) is 130 Å². The lowest BCUT2D eigenvalue weighted by Gasteiger charge is -2.26. The first-order chi connectivity index (χ1) is 39.8. The number of urea groups is 2. The number of halogens is 1. The molecule has 0 radical (unpaired) electrons. The number of carboxylic acid groups (broad SMARTS) is 1. The van der Waals surface area contributed by atoms with Gasteiger partial charge >= 0.3 is 18.0 Å². The first kappa shape index (κ1) is 66.4. The predicted molar refractivity (Wildman–Crippen MR) is 323 cm³/mol. The van der Waals surface area contributed by atoms with E-state index >= 15 is 0 Å². The number of rotatable bonds is 19. The summed E-state index contributed by atoms with van der Waals surface area (Å²) in [7, 11) is -0.604. The molecule has 12 N–H and O–H groups in total. The van der Waals surface area contributed by atoms with E-state index in [4.69, 9.17) is 22.0 Å². The molecule has 1 aromatic heterocycles. The number of amides is 6. The number of guanidine groups is 2. The minimum atomic E-state index is -3.98. The molecule has 7 rings (SSSR count). The number of aromatic nitrogens is 1. The van der Waals surface area contributed by atoms with E-state index in [-0.39, 0.29) is 65.8 Å². The summed E-state index contributed by atoms with van der Waals surface area (Å²) in [5.41, 5.74) is 17.2. The number of aliphatic imine (C=N–C) groups is 1. The van der Waals surface area contributed by atoms with Gasteiger partial charge in [-0.1, -0.05) is 88.4 Å². The fourth-order valence-electron chi connectivity index (χ4n) is 9.84. The van der Waals surface area contributed by atoms with Crippen molar-refractivity contribution in [3.63, 3.8) is 0 Å². The third-order valence-electron chi connectivity index (χ3n) is 14.1. The van der Waals surface area contributed by atoms with Crippen LogP contribution in [0.4, 0.5) is 19.7 Å². The topological polar surface area (TPSA) is 328 Å². The molecule has 21 nitrogen and oxygen atoms in total. The number of sulfonamides is 1. The molecule has 1 fully saturated rings. The molecule has 2 heterocycles. The molecule has 1 aliphatic carbocycles. The normalized spacial score (nSPS) is 15.6. The van der Waals surface area contributed by atoms with Gasteiger partial charge in [0.15, 0.2) is 5.96 Å². The van der Waals surface area contributed by atoms with Crippen molar-refractivity contribution in [3.8, 4) is 22.4 Å². The molecule has 0 unspecified atom stereocenters. The second-order valence-corrected chi connectivity index (χ2v) is 23.0. The van der Waals surface area contributed by atoms with Gasteiger partial charge in [-0.15, -0.1) is 0 Å². The average Bonchev–Trinajstić information content (AvgIpc) is 2.05. The van der Waals surface area contributed by atoms with Crippen LogP contribution in [0.3, 0.4) is 0 Å². The Morgan fingerprint density at radius 1 is 0.869 bits per heavy atom. The second-order valence-electron chi connectivity index (χ2n) is 21.3. The predicted octanol–water partition coefficient (Wildman–Crippen LogP) is 8.14. The third kappa shape index (κ3) is 19.3. The van der Waals surface area contributed by atoms with Crippen molar-refractivity contribution in [1.82, 2.24) is 29.7 Å². The maximum absolute atomic E-state index is 14.0. The lowest BCUT2D eigenvalue weighted by atomic mass is 9.87. The second kappa shape index (κ2) is 31.3. The van der Waals surface area contributed by atoms with Crippen LogP contribution in [0.1, 0.15) is 114 Å². The molecule has 2 atom stereocenters. The van der Waals surface area contributed by atoms with Gasteiger partial charge in [0, 0.05) is 55.7 Å². The maximum atomic E-state index is 14.0. The number of nitrogens with two attached hydrogens (primary N) is 2. The van der Waals surface area contributed by atoms with Crippen molar-refractivity contribution in [2.24, 2.45) is 22.4 Å². The zero-order chi connectivity index (χ0) is 61.8. The molecule has 23 heteroatoms. The monoisotopic (exact) mass is 1180 g/mol. The number of carbonyl (C=O) groups excluding carboxylic acids is 4. The number of carboxylic acids is 1. The van der Waals surface area contributed by atoms with Crippen molar-refractivity contribution >= 4 is 57.5 Å². The highest BCUT2D eigenvalue weighted by atomic mass is 32.2. The Labute approximate surface area is 491 Å². The number of aliphatic hydroxyl groups is 2. The number of para-hydroxylation sites is 1. The van der Waals surface area contributed by atoms with Gasteiger partial charge in [0.05, 0.1) is 41.3 Å². The van der Waals surface area contributed by atoms with Gasteiger partial charge in [0.2, 0.25) is 5.96 Å². The van der Waals surface area contributed by atoms with Crippen LogP contribution in [-0.4, -0.2) is 125 Å². The number of aliphatic hydroxyl groups excluding tert-OH is 2. The van der Waals surface area contributed by atoms with E-state index in [0.717, 1.165) is 48.1 Å². The summed E-state index contributed by atoms with van der Waals surface area (Å²) in [6.07, 6.45) is 2.29.